The number of halogens is 2. The molecule has 1 unspecified atom stereocenters. The van der Waals surface area contributed by atoms with Crippen molar-refractivity contribution >= 4 is 23.2 Å². The Morgan fingerprint density at radius 2 is 2.00 bits per heavy atom. The first kappa shape index (κ1) is 14.4. The van der Waals surface area contributed by atoms with E-state index in [9.17, 15) is 0 Å². The lowest BCUT2D eigenvalue weighted by Gasteiger charge is -2.15. The SMILES string of the molecule is CNC(Cc1ccc(Cl)c(Cl)c1)Cc1ccn(C)n1. The summed E-state index contributed by atoms with van der Waals surface area (Å²) in [5.74, 6) is 0. The zero-order valence-electron chi connectivity index (χ0n) is 11.0. The third kappa shape index (κ3) is 3.96. The molecule has 102 valence electrons. The van der Waals surface area contributed by atoms with Crippen LogP contribution in [0.1, 0.15) is 11.3 Å². The van der Waals surface area contributed by atoms with E-state index in [2.05, 4.69) is 10.4 Å². The molecule has 0 aliphatic rings. The molecule has 0 radical (unpaired) electrons. The molecule has 0 bridgehead atoms. The highest BCUT2D eigenvalue weighted by molar-refractivity contribution is 6.42. The molecular weight excluding hydrogens is 281 g/mol. The van der Waals surface area contributed by atoms with E-state index in [0.717, 1.165) is 18.5 Å². The molecule has 1 N–H and O–H groups in total. The lowest BCUT2D eigenvalue weighted by Crippen LogP contribution is -2.30. The van der Waals surface area contributed by atoms with Gasteiger partial charge in [0.15, 0.2) is 0 Å². The van der Waals surface area contributed by atoms with Crippen LogP contribution in [0.2, 0.25) is 10.0 Å². The minimum atomic E-state index is 0.326. The average Bonchev–Trinajstić information content (AvgIpc) is 2.78. The number of nitrogens with zero attached hydrogens (tertiary/aromatic N) is 2. The van der Waals surface area contributed by atoms with Crippen molar-refractivity contribution in [2.75, 3.05) is 7.05 Å². The van der Waals surface area contributed by atoms with Crippen LogP contribution in [0.5, 0.6) is 0 Å². The molecule has 1 heterocycles. The van der Waals surface area contributed by atoms with Crippen molar-refractivity contribution in [3.63, 3.8) is 0 Å². The topological polar surface area (TPSA) is 29.9 Å². The van der Waals surface area contributed by atoms with Crippen molar-refractivity contribution < 1.29 is 0 Å². The van der Waals surface area contributed by atoms with Crippen molar-refractivity contribution in [2.24, 2.45) is 7.05 Å². The van der Waals surface area contributed by atoms with Crippen LogP contribution in [0.25, 0.3) is 0 Å². The van der Waals surface area contributed by atoms with Crippen molar-refractivity contribution in [3.05, 3.63) is 51.8 Å². The molecule has 2 aromatic rings. The monoisotopic (exact) mass is 297 g/mol. The molecule has 0 amide bonds. The zero-order valence-corrected chi connectivity index (χ0v) is 12.5. The van der Waals surface area contributed by atoms with E-state index in [4.69, 9.17) is 23.2 Å². The van der Waals surface area contributed by atoms with Crippen LogP contribution in [0.15, 0.2) is 30.5 Å². The highest BCUT2D eigenvalue weighted by Gasteiger charge is 2.11. The highest BCUT2D eigenvalue weighted by atomic mass is 35.5. The third-order valence-corrected chi connectivity index (χ3v) is 3.84. The van der Waals surface area contributed by atoms with Gasteiger partial charge in [0, 0.05) is 25.7 Å². The molecule has 19 heavy (non-hydrogen) atoms. The fourth-order valence-corrected chi connectivity index (χ4v) is 2.37. The fraction of sp³-hybridized carbons (Fsp3) is 0.357. The number of nitrogens with one attached hydrogen (secondary N) is 1. The lowest BCUT2D eigenvalue weighted by molar-refractivity contribution is 0.545. The van der Waals surface area contributed by atoms with Crippen LogP contribution < -0.4 is 5.32 Å². The molecule has 5 heteroatoms. The van der Waals surface area contributed by atoms with Crippen LogP contribution in [0, 0.1) is 0 Å². The van der Waals surface area contributed by atoms with Crippen LogP contribution in [-0.2, 0) is 19.9 Å². The summed E-state index contributed by atoms with van der Waals surface area (Å²) in [6.45, 7) is 0. The first-order valence-corrected chi connectivity index (χ1v) is 6.94. The van der Waals surface area contributed by atoms with Crippen molar-refractivity contribution in [2.45, 2.75) is 18.9 Å². The molecule has 1 atom stereocenters. The summed E-state index contributed by atoms with van der Waals surface area (Å²) in [6.07, 6.45) is 3.74. The number of aromatic nitrogens is 2. The van der Waals surface area contributed by atoms with E-state index < -0.39 is 0 Å². The number of likely N-dealkylation sites (N-methyl/N-ethyl adjacent to an activating group) is 1. The summed E-state index contributed by atoms with van der Waals surface area (Å²) in [4.78, 5) is 0. The Bertz CT molecular complexity index is 551. The quantitative estimate of drug-likeness (QED) is 0.919. The first-order chi connectivity index (χ1) is 9.08. The van der Waals surface area contributed by atoms with Crippen LogP contribution >= 0.6 is 23.2 Å². The van der Waals surface area contributed by atoms with E-state index in [1.54, 1.807) is 0 Å². The molecule has 0 aliphatic heterocycles. The minimum Gasteiger partial charge on any atom is -0.316 e. The van der Waals surface area contributed by atoms with Crippen molar-refractivity contribution in [3.8, 4) is 0 Å². The van der Waals surface area contributed by atoms with Gasteiger partial charge in [0.25, 0.3) is 0 Å². The Hall–Kier alpha value is -1.03. The van der Waals surface area contributed by atoms with Gasteiger partial charge in [0.2, 0.25) is 0 Å². The Labute approximate surface area is 123 Å². The molecule has 1 aromatic carbocycles. The summed E-state index contributed by atoms with van der Waals surface area (Å²) in [7, 11) is 3.89. The predicted molar refractivity (Wildman–Crippen MR) is 79.9 cm³/mol. The van der Waals surface area contributed by atoms with Crippen LogP contribution in [-0.4, -0.2) is 22.9 Å². The smallest absolute Gasteiger partial charge is 0.0640 e. The summed E-state index contributed by atoms with van der Waals surface area (Å²) < 4.78 is 1.82. The summed E-state index contributed by atoms with van der Waals surface area (Å²) in [6, 6.07) is 8.14. The number of hydrogen-bond acceptors (Lipinski definition) is 2. The molecule has 0 saturated heterocycles. The van der Waals surface area contributed by atoms with Gasteiger partial charge in [-0.2, -0.15) is 5.10 Å². The molecule has 0 spiro atoms. The lowest BCUT2D eigenvalue weighted by atomic mass is 10.0. The van der Waals surface area contributed by atoms with Crippen LogP contribution in [0.4, 0.5) is 0 Å². The predicted octanol–water partition coefficient (Wildman–Crippen LogP) is 3.10. The highest BCUT2D eigenvalue weighted by Crippen LogP contribution is 2.23. The molecule has 0 fully saturated rings. The van der Waals surface area contributed by atoms with Gasteiger partial charge in [-0.05, 0) is 37.2 Å². The Balaban J connectivity index is 2.04. The average molecular weight is 298 g/mol. The van der Waals surface area contributed by atoms with Gasteiger partial charge in [-0.3, -0.25) is 4.68 Å². The van der Waals surface area contributed by atoms with E-state index >= 15 is 0 Å². The second-order valence-corrected chi connectivity index (χ2v) is 5.44. The fourth-order valence-electron chi connectivity index (χ4n) is 2.05. The molecule has 0 aliphatic carbocycles. The van der Waals surface area contributed by atoms with Gasteiger partial charge in [0.1, 0.15) is 0 Å². The van der Waals surface area contributed by atoms with E-state index in [-0.39, 0.29) is 0 Å². The third-order valence-electron chi connectivity index (χ3n) is 3.10. The van der Waals surface area contributed by atoms with Gasteiger partial charge >= 0.3 is 0 Å². The normalized spacial score (nSPS) is 12.6. The number of hydrogen-bond donors (Lipinski definition) is 1. The maximum atomic E-state index is 6.04. The number of benzene rings is 1. The van der Waals surface area contributed by atoms with Crippen molar-refractivity contribution in [1.29, 1.82) is 0 Å². The molecule has 3 nitrogen and oxygen atoms in total. The summed E-state index contributed by atoms with van der Waals surface area (Å²) in [5.41, 5.74) is 2.26. The largest absolute Gasteiger partial charge is 0.316 e. The van der Waals surface area contributed by atoms with Crippen molar-refractivity contribution in [1.82, 2.24) is 15.1 Å². The molecule has 1 aromatic heterocycles. The molecular formula is C14H17Cl2N3. The number of aryl methyl sites for hydroxylation is 1. The Morgan fingerprint density at radius 1 is 1.21 bits per heavy atom. The maximum absolute atomic E-state index is 6.04. The first-order valence-electron chi connectivity index (χ1n) is 6.18. The van der Waals surface area contributed by atoms with Crippen LogP contribution in [0.3, 0.4) is 0 Å². The van der Waals surface area contributed by atoms with Gasteiger partial charge in [-0.1, -0.05) is 29.3 Å². The molecule has 0 saturated carbocycles. The summed E-state index contributed by atoms with van der Waals surface area (Å²) >= 11 is 12.0. The Morgan fingerprint density at radius 3 is 2.58 bits per heavy atom. The van der Waals surface area contributed by atoms with Gasteiger partial charge in [0.05, 0.1) is 15.7 Å². The van der Waals surface area contributed by atoms with Gasteiger partial charge < -0.3 is 5.32 Å². The second-order valence-electron chi connectivity index (χ2n) is 4.62. The maximum Gasteiger partial charge on any atom is 0.0640 e. The second kappa shape index (κ2) is 6.42. The van der Waals surface area contributed by atoms with E-state index in [0.29, 0.717) is 16.1 Å². The number of rotatable bonds is 5. The van der Waals surface area contributed by atoms with E-state index in [1.165, 1.54) is 5.56 Å². The Kier molecular flexibility index (Phi) is 4.86. The molecule has 2 rings (SSSR count). The van der Waals surface area contributed by atoms with E-state index in [1.807, 2.05) is 49.2 Å². The zero-order chi connectivity index (χ0) is 13.8. The standard InChI is InChI=1S/C14H17Cl2N3/c1-17-12(9-11-5-6-19(2)18-11)7-10-3-4-13(15)14(16)8-10/h3-6,8,12,17H,7,9H2,1-2H3. The summed E-state index contributed by atoms with van der Waals surface area (Å²) in [5, 5.41) is 8.92. The van der Waals surface area contributed by atoms with Gasteiger partial charge in [-0.25, -0.2) is 0 Å². The minimum absolute atomic E-state index is 0.326. The van der Waals surface area contributed by atoms with Gasteiger partial charge in [-0.15, -0.1) is 0 Å².